The molecule has 14 heteroatoms. The van der Waals surface area contributed by atoms with Crippen LogP contribution in [0.4, 0.5) is 30.7 Å². The highest BCUT2D eigenvalue weighted by Crippen LogP contribution is 2.39. The largest absolute Gasteiger partial charge is 0.416 e. The van der Waals surface area contributed by atoms with Crippen LogP contribution in [-0.2, 0) is 38.0 Å². The van der Waals surface area contributed by atoms with E-state index in [1.165, 1.54) is 26.3 Å². The fourth-order valence-electron chi connectivity index (χ4n) is 6.71. The molecule has 258 valence electrons. The van der Waals surface area contributed by atoms with Gasteiger partial charge in [-0.05, 0) is 86.1 Å². The highest BCUT2D eigenvalue weighted by molar-refractivity contribution is 5.82. The minimum absolute atomic E-state index is 0.0370. The first-order valence-electron chi connectivity index (χ1n) is 15.3. The van der Waals surface area contributed by atoms with Gasteiger partial charge in [-0.2, -0.15) is 26.3 Å². The number of amides is 3. The first-order valence-corrected chi connectivity index (χ1v) is 15.3. The van der Waals surface area contributed by atoms with Gasteiger partial charge in [-0.1, -0.05) is 6.07 Å². The summed E-state index contributed by atoms with van der Waals surface area (Å²) in [6, 6.07) is 5.25. The van der Waals surface area contributed by atoms with Gasteiger partial charge in [0.05, 0.1) is 11.1 Å². The van der Waals surface area contributed by atoms with Gasteiger partial charge < -0.3 is 19.9 Å². The monoisotopic (exact) mass is 673 g/mol. The molecule has 1 heterocycles. The van der Waals surface area contributed by atoms with E-state index < -0.39 is 53.6 Å². The second kappa shape index (κ2) is 14.6. The van der Waals surface area contributed by atoms with E-state index in [1.807, 2.05) is 0 Å². The van der Waals surface area contributed by atoms with Gasteiger partial charge in [0.1, 0.15) is 12.4 Å². The zero-order chi connectivity index (χ0) is 34.7. The molecule has 0 aromatic heterocycles. The number of methoxy groups -OCH3 is 1. The number of nitrogens with zero attached hydrogens (tertiary/aromatic N) is 2. The standard InChI is InChI=1S/C33H38F7N3O4/c1-19-12-24(34)6-9-26(19)28-17-43(30(45)21-4-7-25(8-5-21)41-29(44)18-47-3)11-10-27(28)31(46)42(2)16-20-13-22(32(35,36)37)15-23(14-20)33(38,39)40/h6,9,12-15,21,25,27-28H,4-5,7-8,10-11,16-18H2,1-3H3,(H,41,44)/t21-,25-,27?,28?. The molecule has 1 aliphatic heterocycles. The van der Waals surface area contributed by atoms with Crippen molar-refractivity contribution in [3.63, 3.8) is 0 Å². The number of carbonyl (C=O) groups excluding carboxylic acids is 3. The molecule has 2 fully saturated rings. The molecule has 4 rings (SSSR count). The van der Waals surface area contributed by atoms with Gasteiger partial charge in [0.2, 0.25) is 17.7 Å². The molecule has 1 saturated carbocycles. The van der Waals surface area contributed by atoms with Crippen molar-refractivity contribution in [2.45, 2.75) is 69.9 Å². The fraction of sp³-hybridized carbons (Fsp3) is 0.545. The predicted octanol–water partition coefficient (Wildman–Crippen LogP) is 6.08. The third-order valence-corrected chi connectivity index (χ3v) is 9.03. The lowest BCUT2D eigenvalue weighted by Crippen LogP contribution is -2.50. The van der Waals surface area contributed by atoms with E-state index in [-0.39, 0.29) is 61.5 Å². The van der Waals surface area contributed by atoms with Crippen LogP contribution >= 0.6 is 0 Å². The van der Waals surface area contributed by atoms with Gasteiger partial charge in [-0.25, -0.2) is 4.39 Å². The van der Waals surface area contributed by atoms with Crippen molar-refractivity contribution in [3.05, 3.63) is 70.0 Å². The van der Waals surface area contributed by atoms with Crippen molar-refractivity contribution in [1.29, 1.82) is 0 Å². The first-order chi connectivity index (χ1) is 22.0. The summed E-state index contributed by atoms with van der Waals surface area (Å²) < 4.78 is 99.5. The molecule has 47 heavy (non-hydrogen) atoms. The molecule has 1 aliphatic carbocycles. The Bertz CT molecular complexity index is 1420. The number of carbonyl (C=O) groups is 3. The Morgan fingerprint density at radius 3 is 2.11 bits per heavy atom. The molecular formula is C33H38F7N3O4. The molecule has 3 amide bonds. The Morgan fingerprint density at radius 2 is 1.55 bits per heavy atom. The summed E-state index contributed by atoms with van der Waals surface area (Å²) in [5.41, 5.74) is -2.11. The van der Waals surface area contributed by atoms with Gasteiger partial charge in [-0.15, -0.1) is 0 Å². The number of nitrogens with one attached hydrogen (secondary N) is 1. The topological polar surface area (TPSA) is 79.0 Å². The smallest absolute Gasteiger partial charge is 0.375 e. The molecular weight excluding hydrogens is 635 g/mol. The number of likely N-dealkylation sites (tertiary alicyclic amines) is 1. The molecule has 0 spiro atoms. The number of alkyl halides is 6. The molecule has 1 saturated heterocycles. The summed E-state index contributed by atoms with van der Waals surface area (Å²) in [5, 5.41) is 2.89. The van der Waals surface area contributed by atoms with Crippen molar-refractivity contribution in [3.8, 4) is 0 Å². The maximum Gasteiger partial charge on any atom is 0.416 e. The molecule has 2 atom stereocenters. The molecule has 2 unspecified atom stereocenters. The normalized spacial score (nSPS) is 22.1. The molecule has 1 N–H and O–H groups in total. The number of halogens is 7. The van der Waals surface area contributed by atoms with E-state index in [4.69, 9.17) is 4.74 Å². The first kappa shape index (κ1) is 36.2. The Balaban J connectivity index is 1.53. The summed E-state index contributed by atoms with van der Waals surface area (Å²) >= 11 is 0. The number of hydrogen-bond donors (Lipinski definition) is 1. The van der Waals surface area contributed by atoms with Gasteiger partial charge in [-0.3, -0.25) is 14.4 Å². The zero-order valence-electron chi connectivity index (χ0n) is 26.3. The second-order valence-electron chi connectivity index (χ2n) is 12.4. The third-order valence-electron chi connectivity index (χ3n) is 9.03. The van der Waals surface area contributed by atoms with Crippen LogP contribution in [0.1, 0.15) is 65.8 Å². The minimum Gasteiger partial charge on any atom is -0.375 e. The lowest BCUT2D eigenvalue weighted by molar-refractivity contribution is -0.144. The molecule has 2 aromatic rings. The van der Waals surface area contributed by atoms with Crippen LogP contribution in [0.25, 0.3) is 0 Å². The Labute approximate surface area is 268 Å². The number of rotatable bonds is 8. The van der Waals surface area contributed by atoms with Crippen LogP contribution < -0.4 is 5.32 Å². The van der Waals surface area contributed by atoms with Crippen LogP contribution in [0, 0.1) is 24.6 Å². The van der Waals surface area contributed by atoms with Crippen molar-refractivity contribution in [1.82, 2.24) is 15.1 Å². The fourth-order valence-corrected chi connectivity index (χ4v) is 6.71. The summed E-state index contributed by atoms with van der Waals surface area (Å²) in [4.78, 5) is 42.2. The van der Waals surface area contributed by atoms with E-state index in [0.29, 0.717) is 48.9 Å². The predicted molar refractivity (Wildman–Crippen MR) is 157 cm³/mol. The lowest BCUT2D eigenvalue weighted by Gasteiger charge is -2.42. The van der Waals surface area contributed by atoms with Crippen LogP contribution in [0.3, 0.4) is 0 Å². The Hall–Kier alpha value is -3.68. The zero-order valence-corrected chi connectivity index (χ0v) is 26.3. The van der Waals surface area contributed by atoms with Crippen molar-refractivity contribution in [2.24, 2.45) is 11.8 Å². The maximum atomic E-state index is 14.0. The summed E-state index contributed by atoms with van der Waals surface area (Å²) in [5.74, 6) is -2.99. The van der Waals surface area contributed by atoms with Crippen molar-refractivity contribution >= 4 is 17.7 Å². The Morgan fingerprint density at radius 1 is 0.936 bits per heavy atom. The van der Waals surface area contributed by atoms with Crippen LogP contribution in [-0.4, -0.2) is 67.4 Å². The number of benzene rings is 2. The minimum atomic E-state index is -5.03. The van der Waals surface area contributed by atoms with Gasteiger partial charge in [0, 0.05) is 57.6 Å². The SMILES string of the molecule is COCC(=O)N[C@H]1CC[C@H](C(=O)N2CCC(C(=O)N(C)Cc3cc(C(F)(F)F)cc(C(F)(F)F)c3)C(c3ccc(F)cc3C)C2)CC1. The van der Waals surface area contributed by atoms with Crippen LogP contribution in [0.5, 0.6) is 0 Å². The van der Waals surface area contributed by atoms with Crippen molar-refractivity contribution in [2.75, 3.05) is 33.9 Å². The van der Waals surface area contributed by atoms with E-state index in [1.54, 1.807) is 17.9 Å². The van der Waals surface area contributed by atoms with Crippen LogP contribution in [0.2, 0.25) is 0 Å². The van der Waals surface area contributed by atoms with E-state index >= 15 is 0 Å². The quantitative estimate of drug-likeness (QED) is 0.345. The number of hydrogen-bond acceptors (Lipinski definition) is 4. The van der Waals surface area contributed by atoms with Gasteiger partial charge >= 0.3 is 12.4 Å². The van der Waals surface area contributed by atoms with Crippen LogP contribution in [0.15, 0.2) is 36.4 Å². The summed E-state index contributed by atoms with van der Waals surface area (Å²) in [6.07, 6.45) is -7.55. The van der Waals surface area contributed by atoms with E-state index in [9.17, 15) is 45.1 Å². The number of ether oxygens (including phenoxy) is 1. The maximum absolute atomic E-state index is 14.0. The third kappa shape index (κ3) is 9.02. The lowest BCUT2D eigenvalue weighted by atomic mass is 9.77. The highest BCUT2D eigenvalue weighted by atomic mass is 19.4. The molecule has 0 radical (unpaired) electrons. The van der Waals surface area contributed by atoms with Gasteiger partial charge in [0.15, 0.2) is 0 Å². The molecule has 0 bridgehead atoms. The molecule has 7 nitrogen and oxygen atoms in total. The molecule has 2 aliphatic rings. The average molecular weight is 674 g/mol. The van der Waals surface area contributed by atoms with E-state index in [2.05, 4.69) is 5.32 Å². The average Bonchev–Trinajstić information content (AvgIpc) is 2.99. The highest BCUT2D eigenvalue weighted by Gasteiger charge is 2.41. The number of aryl methyl sites for hydroxylation is 1. The summed E-state index contributed by atoms with van der Waals surface area (Å²) in [6.45, 7) is 1.45. The summed E-state index contributed by atoms with van der Waals surface area (Å²) in [7, 11) is 2.74. The van der Waals surface area contributed by atoms with Crippen molar-refractivity contribution < 1.29 is 49.9 Å². The van der Waals surface area contributed by atoms with E-state index in [0.717, 1.165) is 4.90 Å². The number of piperidine rings is 1. The van der Waals surface area contributed by atoms with Gasteiger partial charge in [0.25, 0.3) is 0 Å². The Kier molecular flexibility index (Phi) is 11.2. The molecule has 2 aromatic carbocycles. The second-order valence-corrected chi connectivity index (χ2v) is 12.4.